The van der Waals surface area contributed by atoms with Gasteiger partial charge in [0.2, 0.25) is 0 Å². The summed E-state index contributed by atoms with van der Waals surface area (Å²) in [5.74, 6) is 2.76. The van der Waals surface area contributed by atoms with Crippen molar-refractivity contribution in [3.8, 4) is 11.5 Å². The molecule has 0 amide bonds. The van der Waals surface area contributed by atoms with Crippen molar-refractivity contribution >= 4 is 23.4 Å². The van der Waals surface area contributed by atoms with Gasteiger partial charge in [0.15, 0.2) is 11.5 Å². The van der Waals surface area contributed by atoms with Gasteiger partial charge in [-0.25, -0.2) is 0 Å². The van der Waals surface area contributed by atoms with Crippen LogP contribution < -0.4 is 14.8 Å². The molecule has 1 fully saturated rings. The fourth-order valence-corrected chi connectivity index (χ4v) is 3.97. The molecule has 104 valence electrons. The number of rotatable bonds is 4. The number of thioether (sulfide) groups is 1. The molecular weight excluding hydrogens is 282 g/mol. The minimum absolute atomic E-state index is 0.573. The summed E-state index contributed by atoms with van der Waals surface area (Å²) in [6, 6.07) is 3.99. The van der Waals surface area contributed by atoms with Crippen molar-refractivity contribution in [3.05, 3.63) is 22.7 Å². The zero-order valence-corrected chi connectivity index (χ0v) is 12.4. The molecule has 2 aliphatic heterocycles. The number of ether oxygens (including phenoxy) is 2. The van der Waals surface area contributed by atoms with Crippen molar-refractivity contribution in [1.82, 2.24) is 5.32 Å². The van der Waals surface area contributed by atoms with Crippen molar-refractivity contribution in [2.45, 2.75) is 24.6 Å². The second-order valence-electron chi connectivity index (χ2n) is 4.87. The van der Waals surface area contributed by atoms with Gasteiger partial charge in [0.1, 0.15) is 13.2 Å². The first-order valence-electron chi connectivity index (χ1n) is 6.73. The fourth-order valence-electron chi connectivity index (χ4n) is 2.45. The molecule has 2 heterocycles. The molecule has 19 heavy (non-hydrogen) atoms. The standard InChI is InChI=1S/C14H18ClNO2S/c15-12-6-10(7-13-14(12)18-4-3-17-13)8-16-9-11-2-1-5-19-11/h6-7,11,16H,1-5,8-9H2. The quantitative estimate of drug-likeness (QED) is 0.925. The minimum Gasteiger partial charge on any atom is -0.486 e. The van der Waals surface area contributed by atoms with Gasteiger partial charge in [-0.1, -0.05) is 11.6 Å². The Hall–Kier alpha value is -0.580. The summed E-state index contributed by atoms with van der Waals surface area (Å²) in [7, 11) is 0. The van der Waals surface area contributed by atoms with Crippen LogP contribution in [0.25, 0.3) is 0 Å². The van der Waals surface area contributed by atoms with E-state index in [1.165, 1.54) is 18.6 Å². The van der Waals surface area contributed by atoms with E-state index in [0.717, 1.165) is 29.7 Å². The first kappa shape index (κ1) is 13.4. The number of fused-ring (bicyclic) bond motifs is 1. The largest absolute Gasteiger partial charge is 0.486 e. The van der Waals surface area contributed by atoms with Gasteiger partial charge in [0, 0.05) is 18.3 Å². The molecule has 0 saturated carbocycles. The molecule has 1 unspecified atom stereocenters. The first-order chi connectivity index (χ1) is 9.33. The summed E-state index contributed by atoms with van der Waals surface area (Å²) in [6.07, 6.45) is 2.69. The Morgan fingerprint density at radius 3 is 3.05 bits per heavy atom. The Balaban J connectivity index is 1.59. The molecule has 0 aromatic heterocycles. The summed E-state index contributed by atoms with van der Waals surface area (Å²) in [6.45, 7) is 3.06. The molecule has 3 nitrogen and oxygen atoms in total. The molecule has 1 aromatic carbocycles. The normalized spacial score (nSPS) is 21.6. The van der Waals surface area contributed by atoms with E-state index in [-0.39, 0.29) is 0 Å². The average Bonchev–Trinajstić information content (AvgIpc) is 2.92. The van der Waals surface area contributed by atoms with E-state index in [2.05, 4.69) is 17.1 Å². The van der Waals surface area contributed by atoms with Crippen molar-refractivity contribution in [2.24, 2.45) is 0 Å². The summed E-state index contributed by atoms with van der Waals surface area (Å²) in [4.78, 5) is 0. The van der Waals surface area contributed by atoms with Crippen LogP contribution in [0.1, 0.15) is 18.4 Å². The van der Waals surface area contributed by atoms with Gasteiger partial charge in [-0.3, -0.25) is 0 Å². The molecule has 5 heteroatoms. The lowest BCUT2D eigenvalue weighted by Crippen LogP contribution is -2.23. The molecule has 1 saturated heterocycles. The van der Waals surface area contributed by atoms with Crippen LogP contribution in [-0.4, -0.2) is 30.8 Å². The van der Waals surface area contributed by atoms with Crippen LogP contribution in [0.15, 0.2) is 12.1 Å². The Morgan fingerprint density at radius 1 is 1.32 bits per heavy atom. The highest BCUT2D eigenvalue weighted by atomic mass is 35.5. The van der Waals surface area contributed by atoms with Gasteiger partial charge in [0.25, 0.3) is 0 Å². The van der Waals surface area contributed by atoms with Gasteiger partial charge >= 0.3 is 0 Å². The van der Waals surface area contributed by atoms with Crippen molar-refractivity contribution in [1.29, 1.82) is 0 Å². The predicted octanol–water partition coefficient (Wildman–Crippen LogP) is 3.10. The minimum atomic E-state index is 0.573. The van der Waals surface area contributed by atoms with Gasteiger partial charge in [-0.15, -0.1) is 0 Å². The number of hydrogen-bond acceptors (Lipinski definition) is 4. The van der Waals surface area contributed by atoms with E-state index in [0.29, 0.717) is 24.0 Å². The van der Waals surface area contributed by atoms with Gasteiger partial charge in [0.05, 0.1) is 5.02 Å². The third kappa shape index (κ3) is 3.30. The maximum Gasteiger partial charge on any atom is 0.179 e. The Kier molecular flexibility index (Phi) is 4.41. The average molecular weight is 300 g/mol. The maximum atomic E-state index is 6.22. The lowest BCUT2D eigenvalue weighted by Gasteiger charge is -2.20. The second-order valence-corrected chi connectivity index (χ2v) is 6.68. The Bertz CT molecular complexity index is 449. The van der Waals surface area contributed by atoms with E-state index in [1.807, 2.05) is 12.1 Å². The number of hydrogen-bond donors (Lipinski definition) is 1. The van der Waals surface area contributed by atoms with Gasteiger partial charge in [-0.2, -0.15) is 11.8 Å². The van der Waals surface area contributed by atoms with Gasteiger partial charge in [-0.05, 0) is 36.3 Å². The van der Waals surface area contributed by atoms with E-state index in [9.17, 15) is 0 Å². The molecule has 2 aliphatic rings. The molecular formula is C14H18ClNO2S. The van der Waals surface area contributed by atoms with Crippen LogP contribution in [0, 0.1) is 0 Å². The smallest absolute Gasteiger partial charge is 0.179 e. The van der Waals surface area contributed by atoms with Crippen LogP contribution in [0.5, 0.6) is 11.5 Å². The topological polar surface area (TPSA) is 30.5 Å². The Labute approximate surface area is 123 Å². The SMILES string of the molecule is Clc1cc(CNCC2CCCS2)cc2c1OCCO2. The van der Waals surface area contributed by atoms with Crippen molar-refractivity contribution in [3.63, 3.8) is 0 Å². The van der Waals surface area contributed by atoms with E-state index in [1.54, 1.807) is 0 Å². The van der Waals surface area contributed by atoms with Crippen LogP contribution in [0.3, 0.4) is 0 Å². The number of benzene rings is 1. The third-order valence-corrected chi connectivity index (χ3v) is 5.06. The maximum absolute atomic E-state index is 6.22. The van der Waals surface area contributed by atoms with Crippen LogP contribution in [0.4, 0.5) is 0 Å². The van der Waals surface area contributed by atoms with Crippen LogP contribution in [-0.2, 0) is 6.54 Å². The number of nitrogens with one attached hydrogen (secondary N) is 1. The molecule has 1 atom stereocenters. The summed E-state index contributed by atoms with van der Waals surface area (Å²) in [5, 5.41) is 4.92. The highest BCUT2D eigenvalue weighted by Gasteiger charge is 2.17. The highest BCUT2D eigenvalue weighted by Crippen LogP contribution is 2.38. The molecule has 1 N–H and O–H groups in total. The van der Waals surface area contributed by atoms with Crippen LogP contribution in [0.2, 0.25) is 5.02 Å². The zero-order valence-electron chi connectivity index (χ0n) is 10.8. The van der Waals surface area contributed by atoms with Crippen molar-refractivity contribution < 1.29 is 9.47 Å². The van der Waals surface area contributed by atoms with E-state index < -0.39 is 0 Å². The molecule has 0 aliphatic carbocycles. The monoisotopic (exact) mass is 299 g/mol. The Morgan fingerprint density at radius 2 is 2.21 bits per heavy atom. The number of halogens is 1. The summed E-state index contributed by atoms with van der Waals surface area (Å²) < 4.78 is 11.1. The molecule has 0 bridgehead atoms. The molecule has 1 aromatic rings. The first-order valence-corrected chi connectivity index (χ1v) is 8.16. The summed E-state index contributed by atoms with van der Waals surface area (Å²) in [5.41, 5.74) is 1.15. The van der Waals surface area contributed by atoms with Crippen molar-refractivity contribution in [2.75, 3.05) is 25.5 Å². The zero-order chi connectivity index (χ0) is 13.1. The highest BCUT2D eigenvalue weighted by molar-refractivity contribution is 8.00. The van der Waals surface area contributed by atoms with E-state index >= 15 is 0 Å². The lowest BCUT2D eigenvalue weighted by molar-refractivity contribution is 0.171. The second kappa shape index (κ2) is 6.25. The van der Waals surface area contributed by atoms with Crippen LogP contribution >= 0.6 is 23.4 Å². The summed E-state index contributed by atoms with van der Waals surface area (Å²) >= 11 is 8.29. The fraction of sp³-hybridized carbons (Fsp3) is 0.571. The van der Waals surface area contributed by atoms with Gasteiger partial charge < -0.3 is 14.8 Å². The lowest BCUT2D eigenvalue weighted by atomic mass is 10.2. The predicted molar refractivity (Wildman–Crippen MR) is 79.6 cm³/mol. The van der Waals surface area contributed by atoms with E-state index in [4.69, 9.17) is 21.1 Å². The molecule has 3 rings (SSSR count). The molecule has 0 spiro atoms. The molecule has 0 radical (unpaired) electrons. The third-order valence-electron chi connectivity index (χ3n) is 3.38.